The fraction of sp³-hybridized carbons (Fsp3) is 0.267. The second-order valence-electron chi connectivity index (χ2n) is 4.84. The first-order chi connectivity index (χ1) is 10.4. The Hall–Kier alpha value is -2.57. The summed E-state index contributed by atoms with van der Waals surface area (Å²) in [5.74, 6) is -2.63. The quantitative estimate of drug-likeness (QED) is 0.932. The van der Waals surface area contributed by atoms with Gasteiger partial charge in [-0.3, -0.25) is 14.2 Å². The molecule has 0 aliphatic rings. The molecule has 0 bridgehead atoms. The second kappa shape index (κ2) is 6.46. The molecular formula is C15H15F2N3O2. The maximum Gasteiger partial charge on any atom is 0.256 e. The minimum Gasteiger partial charge on any atom is -0.350 e. The molecule has 0 spiro atoms. The van der Waals surface area contributed by atoms with E-state index in [4.69, 9.17) is 0 Å². The van der Waals surface area contributed by atoms with Crippen molar-refractivity contribution in [1.29, 1.82) is 0 Å². The van der Waals surface area contributed by atoms with Crippen molar-refractivity contribution >= 4 is 5.91 Å². The van der Waals surface area contributed by atoms with Crippen LogP contribution in [0.4, 0.5) is 8.78 Å². The van der Waals surface area contributed by atoms with Crippen molar-refractivity contribution in [2.45, 2.75) is 20.4 Å². The second-order valence-corrected chi connectivity index (χ2v) is 4.84. The summed E-state index contributed by atoms with van der Waals surface area (Å²) in [6, 6.07) is 2.91. The Bertz CT molecular complexity index is 772. The number of nitrogens with zero attached hydrogens (tertiary/aromatic N) is 2. The molecule has 2 rings (SSSR count). The average Bonchev–Trinajstić information content (AvgIpc) is 2.50. The number of hydrogen-bond donors (Lipinski definition) is 1. The number of aromatic nitrogens is 2. The van der Waals surface area contributed by atoms with E-state index in [2.05, 4.69) is 10.3 Å². The van der Waals surface area contributed by atoms with Gasteiger partial charge in [0.2, 0.25) is 0 Å². The smallest absolute Gasteiger partial charge is 0.256 e. The summed E-state index contributed by atoms with van der Waals surface area (Å²) >= 11 is 0. The number of halogens is 2. The van der Waals surface area contributed by atoms with Crippen molar-refractivity contribution in [3.05, 3.63) is 63.3 Å². The van der Waals surface area contributed by atoms with Gasteiger partial charge in [-0.2, -0.15) is 0 Å². The van der Waals surface area contributed by atoms with Gasteiger partial charge in [-0.1, -0.05) is 0 Å². The number of rotatable bonds is 4. The zero-order chi connectivity index (χ0) is 16.3. The molecule has 0 saturated heterocycles. The molecule has 0 aliphatic carbocycles. The van der Waals surface area contributed by atoms with Crippen LogP contribution >= 0.6 is 0 Å². The standard InChI is InChI=1S/C15H15F2N3O2/c1-9-10(2)19-8-20(15(9)22)6-5-18-14(21)11-3-4-12(16)13(17)7-11/h3-4,7-8H,5-6H2,1-2H3,(H,18,21). The Morgan fingerprint density at radius 2 is 2.00 bits per heavy atom. The zero-order valence-corrected chi connectivity index (χ0v) is 12.2. The normalized spacial score (nSPS) is 10.5. The number of carbonyl (C=O) groups excluding carboxylic acids is 1. The summed E-state index contributed by atoms with van der Waals surface area (Å²) in [4.78, 5) is 27.8. The molecule has 0 unspecified atom stereocenters. The first-order valence-corrected chi connectivity index (χ1v) is 6.66. The maximum atomic E-state index is 13.1. The molecule has 22 heavy (non-hydrogen) atoms. The van der Waals surface area contributed by atoms with Crippen LogP contribution in [0.5, 0.6) is 0 Å². The van der Waals surface area contributed by atoms with E-state index < -0.39 is 17.5 Å². The van der Waals surface area contributed by atoms with Crippen LogP contribution in [0.15, 0.2) is 29.3 Å². The van der Waals surface area contributed by atoms with Crippen LogP contribution in [-0.4, -0.2) is 22.0 Å². The minimum absolute atomic E-state index is 0.0180. The Morgan fingerprint density at radius 1 is 1.27 bits per heavy atom. The van der Waals surface area contributed by atoms with E-state index in [1.54, 1.807) is 13.8 Å². The summed E-state index contributed by atoms with van der Waals surface area (Å²) in [6.07, 6.45) is 1.41. The molecule has 1 N–H and O–H groups in total. The fourth-order valence-electron chi connectivity index (χ4n) is 1.86. The summed E-state index contributed by atoms with van der Waals surface area (Å²) < 4.78 is 27.2. The Kier molecular flexibility index (Phi) is 4.65. The molecule has 1 aromatic carbocycles. The SMILES string of the molecule is Cc1ncn(CCNC(=O)c2ccc(F)c(F)c2)c(=O)c1C. The molecular weight excluding hydrogens is 292 g/mol. The third kappa shape index (κ3) is 3.36. The molecule has 2 aromatic rings. The first-order valence-electron chi connectivity index (χ1n) is 6.66. The number of benzene rings is 1. The van der Waals surface area contributed by atoms with Gasteiger partial charge in [0.1, 0.15) is 0 Å². The number of carbonyl (C=O) groups is 1. The minimum atomic E-state index is -1.08. The van der Waals surface area contributed by atoms with Gasteiger partial charge in [-0.05, 0) is 32.0 Å². The Labute approximate surface area is 125 Å². The average molecular weight is 307 g/mol. The number of hydrogen-bond acceptors (Lipinski definition) is 3. The predicted molar refractivity (Wildman–Crippen MR) is 76.7 cm³/mol. The van der Waals surface area contributed by atoms with Crippen LogP contribution < -0.4 is 10.9 Å². The van der Waals surface area contributed by atoms with Gasteiger partial charge in [0.05, 0.1) is 6.33 Å². The van der Waals surface area contributed by atoms with Gasteiger partial charge in [-0.15, -0.1) is 0 Å². The number of aryl methyl sites for hydroxylation is 1. The summed E-state index contributed by atoms with van der Waals surface area (Å²) in [6.45, 7) is 3.83. The van der Waals surface area contributed by atoms with Gasteiger partial charge >= 0.3 is 0 Å². The van der Waals surface area contributed by atoms with Gasteiger partial charge < -0.3 is 5.32 Å². The lowest BCUT2D eigenvalue weighted by Gasteiger charge is -2.09. The first kappa shape index (κ1) is 15.8. The monoisotopic (exact) mass is 307 g/mol. The van der Waals surface area contributed by atoms with Gasteiger partial charge in [0.25, 0.3) is 11.5 Å². The lowest BCUT2D eigenvalue weighted by molar-refractivity contribution is 0.0951. The molecule has 0 atom stereocenters. The highest BCUT2D eigenvalue weighted by Gasteiger charge is 2.09. The van der Waals surface area contributed by atoms with Crippen LogP contribution in [0, 0.1) is 25.5 Å². The van der Waals surface area contributed by atoms with Crippen LogP contribution in [0.2, 0.25) is 0 Å². The molecule has 0 aliphatic heterocycles. The van der Waals surface area contributed by atoms with Crippen molar-refractivity contribution < 1.29 is 13.6 Å². The summed E-state index contributed by atoms with van der Waals surface area (Å²) in [5.41, 5.74) is 1.06. The van der Waals surface area contributed by atoms with Crippen LogP contribution in [-0.2, 0) is 6.54 Å². The molecule has 1 amide bonds. The van der Waals surface area contributed by atoms with Crippen molar-refractivity contribution in [1.82, 2.24) is 14.9 Å². The Morgan fingerprint density at radius 3 is 2.68 bits per heavy atom. The topological polar surface area (TPSA) is 64.0 Å². The number of nitrogens with one attached hydrogen (secondary N) is 1. The summed E-state index contributed by atoms with van der Waals surface area (Å²) in [5, 5.41) is 2.54. The molecule has 0 saturated carbocycles. The zero-order valence-electron chi connectivity index (χ0n) is 12.2. The molecule has 1 heterocycles. The fourth-order valence-corrected chi connectivity index (χ4v) is 1.86. The van der Waals surface area contributed by atoms with E-state index in [0.29, 0.717) is 11.3 Å². The molecule has 5 nitrogen and oxygen atoms in total. The lowest BCUT2D eigenvalue weighted by atomic mass is 10.2. The summed E-state index contributed by atoms with van der Waals surface area (Å²) in [7, 11) is 0. The van der Waals surface area contributed by atoms with Crippen LogP contribution in [0.25, 0.3) is 0 Å². The van der Waals surface area contributed by atoms with Gasteiger partial charge in [0, 0.05) is 29.9 Å². The van der Waals surface area contributed by atoms with Crippen molar-refractivity contribution in [2.24, 2.45) is 0 Å². The third-order valence-corrected chi connectivity index (χ3v) is 3.34. The van der Waals surface area contributed by atoms with E-state index in [9.17, 15) is 18.4 Å². The van der Waals surface area contributed by atoms with Crippen molar-refractivity contribution in [3.63, 3.8) is 0 Å². The molecule has 0 radical (unpaired) electrons. The Balaban J connectivity index is 1.99. The molecule has 1 aromatic heterocycles. The number of amides is 1. The van der Waals surface area contributed by atoms with Crippen molar-refractivity contribution in [3.8, 4) is 0 Å². The van der Waals surface area contributed by atoms with Crippen LogP contribution in [0.3, 0.4) is 0 Å². The van der Waals surface area contributed by atoms with E-state index in [1.807, 2.05) is 0 Å². The molecule has 0 fully saturated rings. The maximum absolute atomic E-state index is 13.1. The highest BCUT2D eigenvalue weighted by atomic mass is 19.2. The van der Waals surface area contributed by atoms with E-state index in [0.717, 1.165) is 12.1 Å². The van der Waals surface area contributed by atoms with E-state index in [1.165, 1.54) is 17.0 Å². The largest absolute Gasteiger partial charge is 0.350 e. The van der Waals surface area contributed by atoms with Gasteiger partial charge in [-0.25, -0.2) is 13.8 Å². The van der Waals surface area contributed by atoms with E-state index >= 15 is 0 Å². The van der Waals surface area contributed by atoms with Crippen molar-refractivity contribution in [2.75, 3.05) is 6.54 Å². The molecule has 116 valence electrons. The highest BCUT2D eigenvalue weighted by molar-refractivity contribution is 5.94. The van der Waals surface area contributed by atoms with E-state index in [-0.39, 0.29) is 24.2 Å². The third-order valence-electron chi connectivity index (χ3n) is 3.34. The predicted octanol–water partition coefficient (Wildman–Crippen LogP) is 1.57. The molecule has 7 heteroatoms. The van der Waals surface area contributed by atoms with Gasteiger partial charge in [0.15, 0.2) is 11.6 Å². The van der Waals surface area contributed by atoms with Crippen LogP contribution in [0.1, 0.15) is 21.6 Å². The highest BCUT2D eigenvalue weighted by Crippen LogP contribution is 2.08. The lowest BCUT2D eigenvalue weighted by Crippen LogP contribution is -2.32.